The molecule has 0 fully saturated rings. The Kier molecular flexibility index (Phi) is 10.6. The minimum Gasteiger partial charge on any atom is -0.325 e. The summed E-state index contributed by atoms with van der Waals surface area (Å²) in [4.78, 5) is 40.6. The Hall–Kier alpha value is -4.56. The number of carbonyl (C=O) groups excluding carboxylic acids is 3. The van der Waals surface area contributed by atoms with Crippen LogP contribution >= 0.6 is 35.0 Å². The molecule has 0 aliphatic heterocycles. The lowest BCUT2D eigenvalue weighted by atomic mass is 10.1. The molecule has 0 spiro atoms. The maximum Gasteiger partial charge on any atom is 0.272 e. The molecule has 3 amide bonds. The quantitative estimate of drug-likeness (QED) is 0.104. The van der Waals surface area contributed by atoms with E-state index in [0.29, 0.717) is 33.3 Å². The van der Waals surface area contributed by atoms with Crippen LogP contribution in [0.15, 0.2) is 126 Å². The van der Waals surface area contributed by atoms with E-state index >= 15 is 0 Å². The van der Waals surface area contributed by atoms with Crippen molar-refractivity contribution in [3.8, 4) is 0 Å². The van der Waals surface area contributed by atoms with E-state index in [1.54, 1.807) is 66.7 Å². The van der Waals surface area contributed by atoms with Crippen molar-refractivity contribution >= 4 is 80.9 Å². The van der Waals surface area contributed by atoms with Crippen molar-refractivity contribution in [1.29, 1.82) is 0 Å². The van der Waals surface area contributed by atoms with Gasteiger partial charge < -0.3 is 16.0 Å². The Balaban J connectivity index is 1.32. The largest absolute Gasteiger partial charge is 0.325 e. The number of fused-ring (bicyclic) bond motifs is 1. The molecule has 0 aromatic heterocycles. The molecule has 0 aliphatic carbocycles. The van der Waals surface area contributed by atoms with Gasteiger partial charge in [0.1, 0.15) is 5.70 Å². The van der Waals surface area contributed by atoms with Gasteiger partial charge in [-0.15, -0.1) is 11.8 Å². The van der Waals surface area contributed by atoms with Crippen LogP contribution in [0.5, 0.6) is 0 Å². The van der Waals surface area contributed by atoms with E-state index in [4.69, 9.17) is 23.2 Å². The Labute approximate surface area is 275 Å². The summed E-state index contributed by atoms with van der Waals surface area (Å²) in [5.74, 6) is -1.15. The van der Waals surface area contributed by atoms with Crippen LogP contribution in [-0.4, -0.2) is 23.0 Å². The number of hydrogen-bond acceptors (Lipinski definition) is 4. The van der Waals surface area contributed by atoms with Gasteiger partial charge in [0.25, 0.3) is 11.8 Å². The second kappa shape index (κ2) is 14.9. The summed E-state index contributed by atoms with van der Waals surface area (Å²) in [6.07, 6.45) is 2.04. The first-order valence-electron chi connectivity index (χ1n) is 14.2. The van der Waals surface area contributed by atoms with Crippen LogP contribution in [0.3, 0.4) is 0 Å². The molecule has 0 radical (unpaired) electrons. The van der Waals surface area contributed by atoms with E-state index < -0.39 is 11.8 Å². The van der Waals surface area contributed by atoms with Gasteiger partial charge in [0.15, 0.2) is 0 Å². The summed E-state index contributed by atoms with van der Waals surface area (Å²) in [5, 5.41) is 11.0. The normalized spacial score (nSPS) is 11.9. The number of carbonyl (C=O) groups is 3. The summed E-state index contributed by atoms with van der Waals surface area (Å²) in [7, 11) is 0. The highest BCUT2D eigenvalue weighted by Crippen LogP contribution is 2.30. The second-order valence-corrected chi connectivity index (χ2v) is 12.2. The molecule has 9 heteroatoms. The van der Waals surface area contributed by atoms with Gasteiger partial charge in [-0.3, -0.25) is 14.4 Å². The average molecular weight is 655 g/mol. The molecule has 0 saturated carbocycles. The Morgan fingerprint density at radius 2 is 1.40 bits per heavy atom. The fourth-order valence-electron chi connectivity index (χ4n) is 4.56. The molecule has 5 rings (SSSR count). The third-order valence-electron chi connectivity index (χ3n) is 6.87. The maximum absolute atomic E-state index is 13.5. The van der Waals surface area contributed by atoms with Crippen molar-refractivity contribution in [2.24, 2.45) is 0 Å². The molecule has 6 nitrogen and oxygen atoms in total. The minimum absolute atomic E-state index is 0.0434. The van der Waals surface area contributed by atoms with Crippen molar-refractivity contribution in [3.63, 3.8) is 0 Å². The Bertz CT molecular complexity index is 1880. The van der Waals surface area contributed by atoms with Gasteiger partial charge in [0, 0.05) is 37.4 Å². The molecule has 5 aromatic rings. The van der Waals surface area contributed by atoms with E-state index in [-0.39, 0.29) is 16.9 Å². The molecule has 226 valence electrons. The van der Waals surface area contributed by atoms with Crippen LogP contribution < -0.4 is 16.0 Å². The Morgan fingerprint density at radius 1 is 0.733 bits per heavy atom. The van der Waals surface area contributed by atoms with E-state index in [0.717, 1.165) is 21.4 Å². The molecule has 0 saturated heterocycles. The third kappa shape index (κ3) is 8.34. The Morgan fingerprint density at radius 3 is 2.13 bits per heavy atom. The average Bonchev–Trinajstić information content (AvgIpc) is 3.05. The third-order valence-corrected chi connectivity index (χ3v) is 8.88. The standard InChI is InChI=1S/C36H29Cl2N3O3S/c1-2-33(36(44)40-27-19-18-23-10-6-7-13-25(23)20-27)45-28-15-8-14-26(21-28)39-35(43)32(22-29-30(37)16-9-17-31(29)38)41-34(42)24-11-4-3-5-12-24/h3-22,33H,2H2,1H3,(H,39,43)(H,40,44)(H,41,42)/b32-22+. The smallest absolute Gasteiger partial charge is 0.272 e. The van der Waals surface area contributed by atoms with Gasteiger partial charge >= 0.3 is 0 Å². The zero-order valence-corrected chi connectivity index (χ0v) is 26.5. The van der Waals surface area contributed by atoms with E-state index in [1.165, 1.54) is 17.8 Å². The number of hydrogen-bond donors (Lipinski definition) is 3. The molecule has 0 aliphatic rings. The predicted octanol–water partition coefficient (Wildman–Crippen LogP) is 9.07. The van der Waals surface area contributed by atoms with Gasteiger partial charge in [-0.1, -0.05) is 90.8 Å². The zero-order chi connectivity index (χ0) is 31.8. The van der Waals surface area contributed by atoms with E-state index in [1.807, 2.05) is 55.5 Å². The summed E-state index contributed by atoms with van der Waals surface area (Å²) in [6, 6.07) is 34.6. The molecule has 5 aromatic carbocycles. The first-order valence-corrected chi connectivity index (χ1v) is 15.8. The van der Waals surface area contributed by atoms with E-state index in [2.05, 4.69) is 16.0 Å². The first kappa shape index (κ1) is 31.9. The lowest BCUT2D eigenvalue weighted by Gasteiger charge is -2.16. The van der Waals surface area contributed by atoms with Gasteiger partial charge in [-0.25, -0.2) is 0 Å². The van der Waals surface area contributed by atoms with Crippen molar-refractivity contribution in [2.75, 3.05) is 10.6 Å². The van der Waals surface area contributed by atoms with Gasteiger partial charge in [0.2, 0.25) is 5.91 Å². The van der Waals surface area contributed by atoms with Crippen molar-refractivity contribution in [2.45, 2.75) is 23.5 Å². The molecule has 0 bridgehead atoms. The van der Waals surface area contributed by atoms with Crippen LogP contribution in [-0.2, 0) is 9.59 Å². The summed E-state index contributed by atoms with van der Waals surface area (Å²) in [5.41, 5.74) is 1.95. The monoisotopic (exact) mass is 653 g/mol. The number of halogens is 2. The number of nitrogens with one attached hydrogen (secondary N) is 3. The number of rotatable bonds is 10. The lowest BCUT2D eigenvalue weighted by Crippen LogP contribution is -2.30. The van der Waals surface area contributed by atoms with Crippen LogP contribution in [0.25, 0.3) is 16.8 Å². The first-order chi connectivity index (χ1) is 21.8. The van der Waals surface area contributed by atoms with Crippen LogP contribution in [0.4, 0.5) is 11.4 Å². The maximum atomic E-state index is 13.5. The summed E-state index contributed by atoms with van der Waals surface area (Å²) < 4.78 is 0. The van der Waals surface area contributed by atoms with Crippen molar-refractivity contribution in [3.05, 3.63) is 142 Å². The van der Waals surface area contributed by atoms with E-state index in [9.17, 15) is 14.4 Å². The number of anilines is 2. The molecule has 45 heavy (non-hydrogen) atoms. The number of thioether (sulfide) groups is 1. The number of benzene rings is 5. The van der Waals surface area contributed by atoms with Crippen LogP contribution in [0.2, 0.25) is 10.0 Å². The summed E-state index contributed by atoms with van der Waals surface area (Å²) in [6.45, 7) is 1.95. The fraction of sp³-hybridized carbons (Fsp3) is 0.0833. The molecular weight excluding hydrogens is 625 g/mol. The highest BCUT2D eigenvalue weighted by atomic mass is 35.5. The predicted molar refractivity (Wildman–Crippen MR) is 186 cm³/mol. The molecular formula is C36H29Cl2N3O3S. The number of amides is 3. The topological polar surface area (TPSA) is 87.3 Å². The summed E-state index contributed by atoms with van der Waals surface area (Å²) >= 11 is 14.1. The highest BCUT2D eigenvalue weighted by molar-refractivity contribution is 8.00. The lowest BCUT2D eigenvalue weighted by molar-refractivity contribution is -0.116. The SMILES string of the molecule is CCC(Sc1cccc(NC(=O)/C(=C\c2c(Cl)cccc2Cl)NC(=O)c2ccccc2)c1)C(=O)Nc1ccc2ccccc2c1. The van der Waals surface area contributed by atoms with Crippen molar-refractivity contribution in [1.82, 2.24) is 5.32 Å². The molecule has 1 unspecified atom stereocenters. The van der Waals surface area contributed by atoms with Gasteiger partial charge in [-0.2, -0.15) is 0 Å². The van der Waals surface area contributed by atoms with Gasteiger partial charge in [-0.05, 0) is 77.9 Å². The fourth-order valence-corrected chi connectivity index (χ4v) is 6.08. The van der Waals surface area contributed by atoms with Crippen LogP contribution in [0.1, 0.15) is 29.3 Å². The van der Waals surface area contributed by atoms with Crippen LogP contribution in [0, 0.1) is 0 Å². The molecule has 1 atom stereocenters. The minimum atomic E-state index is -0.571. The molecule has 0 heterocycles. The van der Waals surface area contributed by atoms with Crippen molar-refractivity contribution < 1.29 is 14.4 Å². The highest BCUT2D eigenvalue weighted by Gasteiger charge is 2.20. The zero-order valence-electron chi connectivity index (χ0n) is 24.2. The molecule has 3 N–H and O–H groups in total. The van der Waals surface area contributed by atoms with Gasteiger partial charge in [0.05, 0.1) is 5.25 Å². The second-order valence-electron chi connectivity index (χ2n) is 10.1.